The molecule has 0 spiro atoms. The summed E-state index contributed by atoms with van der Waals surface area (Å²) in [5, 5.41) is 43.6. The largest absolute Gasteiger partial charge is 0.483 e. The van der Waals surface area contributed by atoms with E-state index >= 15 is 0 Å². The molecule has 0 bridgehead atoms. The fraction of sp³-hybridized carbons (Fsp3) is 0.667. The first kappa shape index (κ1) is 31.6. The van der Waals surface area contributed by atoms with E-state index in [0.717, 1.165) is 17.8 Å². The van der Waals surface area contributed by atoms with E-state index in [0.29, 0.717) is 0 Å². The minimum Gasteiger partial charge on any atom is -0.388 e. The Morgan fingerprint density at radius 2 is 1.83 bits per heavy atom. The zero-order valence-electron chi connectivity index (χ0n) is 21.2. The molecule has 2 aliphatic rings. The van der Waals surface area contributed by atoms with Crippen LogP contribution >= 0.6 is 15.6 Å². The summed E-state index contributed by atoms with van der Waals surface area (Å²) in [6.45, 7) is 1.52. The number of nitrogens with two attached hydrogens (primary N) is 1. The van der Waals surface area contributed by atoms with Crippen molar-refractivity contribution in [1.29, 1.82) is 0 Å². The van der Waals surface area contributed by atoms with Crippen LogP contribution in [0.2, 0.25) is 0 Å². The molecule has 10 N–H and O–H groups in total. The summed E-state index contributed by atoms with van der Waals surface area (Å²) >= 11 is 0. The number of phosphoric ester groups is 2. The van der Waals surface area contributed by atoms with E-state index in [1.807, 2.05) is 0 Å². The third-order valence-electron chi connectivity index (χ3n) is 6.13. The Labute approximate surface area is 229 Å². The van der Waals surface area contributed by atoms with Crippen molar-refractivity contribution in [1.82, 2.24) is 24.8 Å². The van der Waals surface area contributed by atoms with E-state index in [-0.39, 0.29) is 17.1 Å². The molecule has 230 valence electrons. The standard InChI is InChI=1S/C18H28N6O15P2/c1-5-8(21-6(2)25)11(27)13(29)17(36-5)38-41(33,34)39-40(31,32)35-3-7-10(26)12(28)16(37-7)24-4-20-9-14(24)22-18(19)23-15(9)30/h4-5,7-8,10-13,16-17,26-29H,3H2,1-2H3,(H,21,25)(H,31,32)(H,33,34)(H3,19,22,23,30). The number of imidazole rings is 1. The number of rotatable bonds is 9. The lowest BCUT2D eigenvalue weighted by molar-refractivity contribution is -0.246. The number of nitrogens with zero attached hydrogens (tertiary/aromatic N) is 3. The van der Waals surface area contributed by atoms with Gasteiger partial charge in [-0.15, -0.1) is 0 Å². The second-order valence-electron chi connectivity index (χ2n) is 9.16. The maximum absolute atomic E-state index is 12.4. The van der Waals surface area contributed by atoms with Crippen molar-refractivity contribution in [3.05, 3.63) is 16.7 Å². The average molecular weight is 630 g/mol. The molecule has 2 aliphatic heterocycles. The highest BCUT2D eigenvalue weighted by Crippen LogP contribution is 2.61. The highest BCUT2D eigenvalue weighted by molar-refractivity contribution is 7.61. The van der Waals surface area contributed by atoms with Crippen LogP contribution in [0.4, 0.5) is 5.95 Å². The Morgan fingerprint density at radius 1 is 1.15 bits per heavy atom. The Kier molecular flexibility index (Phi) is 9.03. The molecule has 2 aromatic rings. The molecule has 2 fully saturated rings. The zero-order chi connectivity index (χ0) is 30.4. The van der Waals surface area contributed by atoms with E-state index in [1.165, 1.54) is 6.92 Å². The minimum atomic E-state index is -5.54. The first-order valence-corrected chi connectivity index (χ1v) is 14.7. The lowest BCUT2D eigenvalue weighted by Gasteiger charge is -2.41. The molecule has 0 aliphatic carbocycles. The van der Waals surface area contributed by atoms with Gasteiger partial charge >= 0.3 is 15.6 Å². The van der Waals surface area contributed by atoms with Crippen molar-refractivity contribution in [2.45, 2.75) is 69.0 Å². The van der Waals surface area contributed by atoms with Crippen molar-refractivity contribution in [3.8, 4) is 0 Å². The van der Waals surface area contributed by atoms with Gasteiger partial charge in [0.2, 0.25) is 11.9 Å². The number of carbonyl (C=O) groups excluding carboxylic acids is 1. The Balaban J connectivity index is 1.38. The molecule has 41 heavy (non-hydrogen) atoms. The molecule has 4 heterocycles. The zero-order valence-corrected chi connectivity index (χ0v) is 22.9. The lowest BCUT2D eigenvalue weighted by atomic mass is 9.97. The number of hydrogen-bond donors (Lipinski definition) is 9. The molecule has 4 rings (SSSR count). The van der Waals surface area contributed by atoms with Crippen molar-refractivity contribution >= 4 is 38.7 Å². The molecule has 2 aromatic heterocycles. The number of H-pyrrole nitrogens is 1. The van der Waals surface area contributed by atoms with Gasteiger partial charge in [0, 0.05) is 6.92 Å². The third-order valence-corrected chi connectivity index (χ3v) is 8.73. The van der Waals surface area contributed by atoms with Gasteiger partial charge in [-0.1, -0.05) is 0 Å². The molecule has 23 heteroatoms. The molecular formula is C18H28N6O15P2. The van der Waals surface area contributed by atoms with Gasteiger partial charge in [0.25, 0.3) is 5.56 Å². The molecule has 0 aromatic carbocycles. The number of aliphatic hydroxyl groups excluding tert-OH is 4. The number of hydrogen-bond acceptors (Lipinski definition) is 16. The van der Waals surface area contributed by atoms with E-state index < -0.39 is 88.9 Å². The van der Waals surface area contributed by atoms with Gasteiger partial charge in [-0.3, -0.25) is 28.2 Å². The van der Waals surface area contributed by atoms with Crippen LogP contribution in [0.1, 0.15) is 20.1 Å². The summed E-state index contributed by atoms with van der Waals surface area (Å²) in [7, 11) is -11.0. The molecule has 1 amide bonds. The topological polar surface area (TPSA) is 320 Å². The molecule has 0 radical (unpaired) electrons. The van der Waals surface area contributed by atoms with E-state index in [4.69, 9.17) is 15.2 Å². The predicted molar refractivity (Wildman–Crippen MR) is 130 cm³/mol. The fourth-order valence-corrected chi connectivity index (χ4v) is 6.41. The van der Waals surface area contributed by atoms with Crippen LogP contribution < -0.4 is 16.6 Å². The summed E-state index contributed by atoms with van der Waals surface area (Å²) in [4.78, 5) is 53.2. The van der Waals surface area contributed by atoms with Crippen molar-refractivity contribution < 1.29 is 67.0 Å². The van der Waals surface area contributed by atoms with Crippen LogP contribution in [-0.4, -0.2) is 111 Å². The van der Waals surface area contributed by atoms with Gasteiger partial charge in [-0.25, -0.2) is 14.1 Å². The second kappa shape index (κ2) is 11.7. The summed E-state index contributed by atoms with van der Waals surface area (Å²) in [6.07, 6.45) is -12.1. The quantitative estimate of drug-likeness (QED) is 0.122. The smallest absolute Gasteiger partial charge is 0.388 e. The van der Waals surface area contributed by atoms with Crippen molar-refractivity contribution in [3.63, 3.8) is 0 Å². The van der Waals surface area contributed by atoms with Gasteiger partial charge in [0.1, 0.15) is 30.5 Å². The number of amides is 1. The molecule has 2 saturated heterocycles. The Bertz CT molecular complexity index is 1440. The number of carbonyl (C=O) groups is 1. The first-order valence-electron chi connectivity index (χ1n) is 11.7. The van der Waals surface area contributed by atoms with E-state index in [9.17, 15) is 48.9 Å². The average Bonchev–Trinajstić information content (AvgIpc) is 3.38. The molecule has 21 nitrogen and oxygen atoms in total. The lowest BCUT2D eigenvalue weighted by Crippen LogP contribution is -2.62. The van der Waals surface area contributed by atoms with Crippen LogP contribution in [0.25, 0.3) is 11.2 Å². The maximum atomic E-state index is 12.4. The monoisotopic (exact) mass is 630 g/mol. The molecular weight excluding hydrogens is 602 g/mol. The highest BCUT2D eigenvalue weighted by Gasteiger charge is 2.49. The number of aromatic nitrogens is 4. The molecule has 11 unspecified atom stereocenters. The van der Waals surface area contributed by atoms with Gasteiger partial charge < -0.3 is 50.7 Å². The first-order chi connectivity index (χ1) is 19.0. The third kappa shape index (κ3) is 6.83. The van der Waals surface area contributed by atoms with Crippen LogP contribution in [-0.2, 0) is 36.8 Å². The normalized spacial score (nSPS) is 35.2. The number of aliphatic hydroxyl groups is 4. The van der Waals surface area contributed by atoms with Gasteiger partial charge in [0.15, 0.2) is 23.7 Å². The van der Waals surface area contributed by atoms with Gasteiger partial charge in [0.05, 0.1) is 25.1 Å². The second-order valence-corrected chi connectivity index (χ2v) is 12.2. The van der Waals surface area contributed by atoms with Crippen LogP contribution in [0.5, 0.6) is 0 Å². The number of aromatic amines is 1. The van der Waals surface area contributed by atoms with Crippen molar-refractivity contribution in [2.75, 3.05) is 12.3 Å². The van der Waals surface area contributed by atoms with Crippen LogP contribution in [0.3, 0.4) is 0 Å². The van der Waals surface area contributed by atoms with Crippen molar-refractivity contribution in [2.24, 2.45) is 0 Å². The minimum absolute atomic E-state index is 0.103. The summed E-state index contributed by atoms with van der Waals surface area (Å²) in [5.74, 6) is -0.829. The van der Waals surface area contributed by atoms with E-state index in [1.54, 1.807) is 0 Å². The number of ether oxygens (including phenoxy) is 2. The summed E-state index contributed by atoms with van der Waals surface area (Å²) in [5.41, 5.74) is 4.59. The molecule has 0 saturated carbocycles. The van der Waals surface area contributed by atoms with E-state index in [2.05, 4.69) is 33.6 Å². The van der Waals surface area contributed by atoms with Crippen LogP contribution in [0, 0.1) is 0 Å². The Morgan fingerprint density at radius 3 is 2.49 bits per heavy atom. The predicted octanol–water partition coefficient (Wildman–Crippen LogP) is -3.46. The number of phosphoric acid groups is 2. The summed E-state index contributed by atoms with van der Waals surface area (Å²) < 4.78 is 50.0. The number of nitrogens with one attached hydrogen (secondary N) is 2. The molecule has 11 atom stereocenters. The number of anilines is 1. The summed E-state index contributed by atoms with van der Waals surface area (Å²) in [6, 6.07) is -1.11. The number of fused-ring (bicyclic) bond motifs is 1. The fourth-order valence-electron chi connectivity index (χ4n) is 4.25. The Hall–Kier alpha value is -2.36. The van der Waals surface area contributed by atoms with Crippen LogP contribution in [0.15, 0.2) is 11.1 Å². The maximum Gasteiger partial charge on any atom is 0.483 e. The SMILES string of the molecule is CC(=O)NC1C(C)OC(OP(=O)(O)OP(=O)(O)OCC2OC(n3cnc4c(=O)[nH]c(N)nc43)C(O)C2O)C(O)C1O. The van der Waals surface area contributed by atoms with Gasteiger partial charge in [-0.2, -0.15) is 9.29 Å². The highest BCUT2D eigenvalue weighted by atomic mass is 31.3. The number of nitrogen functional groups attached to an aromatic ring is 1. The van der Waals surface area contributed by atoms with Gasteiger partial charge in [-0.05, 0) is 6.92 Å².